The predicted molar refractivity (Wildman–Crippen MR) is 66.9 cm³/mol. The first-order valence-corrected chi connectivity index (χ1v) is 6.07. The molecule has 0 aliphatic rings. The number of aryl methyl sites for hydroxylation is 2. The molecular weight excluding hydrogens is 216 g/mol. The van der Waals surface area contributed by atoms with Crippen molar-refractivity contribution in [3.05, 3.63) is 17.5 Å². The number of hydrogen-bond acceptors (Lipinski definition) is 2. The van der Waals surface area contributed by atoms with Gasteiger partial charge in [-0.05, 0) is 24.3 Å². The van der Waals surface area contributed by atoms with Gasteiger partial charge in [-0.3, -0.25) is 9.48 Å². The van der Waals surface area contributed by atoms with E-state index in [2.05, 4.69) is 18.1 Å². The number of carboxylic acids is 1. The van der Waals surface area contributed by atoms with Gasteiger partial charge in [-0.2, -0.15) is 5.10 Å². The Hall–Kier alpha value is -1.32. The number of hydrogen-bond donors (Lipinski definition) is 1. The first-order chi connectivity index (χ1) is 7.84. The van der Waals surface area contributed by atoms with E-state index in [1.54, 1.807) is 0 Å². The Kier molecular flexibility index (Phi) is 4.32. The van der Waals surface area contributed by atoms with Gasteiger partial charge < -0.3 is 5.11 Å². The molecule has 0 aliphatic carbocycles. The molecule has 0 spiro atoms. The lowest BCUT2D eigenvalue weighted by Gasteiger charge is -2.20. The lowest BCUT2D eigenvalue weighted by atomic mass is 9.84. The molecule has 0 radical (unpaired) electrons. The lowest BCUT2D eigenvalue weighted by Crippen LogP contribution is -2.20. The second-order valence-electron chi connectivity index (χ2n) is 5.41. The summed E-state index contributed by atoms with van der Waals surface area (Å²) in [5, 5.41) is 13.3. The monoisotopic (exact) mass is 238 g/mol. The quantitative estimate of drug-likeness (QED) is 0.828. The summed E-state index contributed by atoms with van der Waals surface area (Å²) < 4.78 is 1.90. The molecule has 1 aromatic heterocycles. The second kappa shape index (κ2) is 5.34. The van der Waals surface area contributed by atoms with Crippen molar-refractivity contribution in [2.24, 2.45) is 12.5 Å². The van der Waals surface area contributed by atoms with Crippen molar-refractivity contribution in [2.75, 3.05) is 0 Å². The summed E-state index contributed by atoms with van der Waals surface area (Å²) in [6.07, 6.45) is 2.99. The van der Waals surface area contributed by atoms with Crippen molar-refractivity contribution >= 4 is 5.97 Å². The van der Waals surface area contributed by atoms with Crippen molar-refractivity contribution in [1.82, 2.24) is 9.78 Å². The van der Waals surface area contributed by atoms with Crippen LogP contribution < -0.4 is 0 Å². The van der Waals surface area contributed by atoms with Crippen molar-refractivity contribution in [2.45, 2.75) is 46.5 Å². The van der Waals surface area contributed by atoms with Gasteiger partial charge in [0.15, 0.2) is 0 Å². The van der Waals surface area contributed by atoms with Crippen LogP contribution >= 0.6 is 0 Å². The Morgan fingerprint density at radius 3 is 2.71 bits per heavy atom. The van der Waals surface area contributed by atoms with Crippen LogP contribution in [-0.2, 0) is 24.7 Å². The van der Waals surface area contributed by atoms with Crippen LogP contribution in [0.1, 0.15) is 45.0 Å². The fourth-order valence-electron chi connectivity index (χ4n) is 2.11. The molecule has 1 heterocycles. The molecule has 17 heavy (non-hydrogen) atoms. The molecule has 1 aromatic rings. The normalized spacial score (nSPS) is 11.8. The first kappa shape index (κ1) is 13.7. The van der Waals surface area contributed by atoms with Crippen LogP contribution in [0, 0.1) is 5.41 Å². The molecule has 0 aromatic carbocycles. The van der Waals surface area contributed by atoms with Crippen LogP contribution in [0.3, 0.4) is 0 Å². The van der Waals surface area contributed by atoms with Crippen molar-refractivity contribution in [3.8, 4) is 0 Å². The Bertz CT molecular complexity index is 394. The number of rotatable bonds is 6. The van der Waals surface area contributed by atoms with Crippen LogP contribution in [0.25, 0.3) is 0 Å². The summed E-state index contributed by atoms with van der Waals surface area (Å²) in [6.45, 7) is 6.08. The number of carbonyl (C=O) groups is 1. The molecule has 0 unspecified atom stereocenters. The zero-order valence-corrected chi connectivity index (χ0v) is 11.2. The van der Waals surface area contributed by atoms with Gasteiger partial charge in [-0.25, -0.2) is 0 Å². The van der Waals surface area contributed by atoms with E-state index in [-0.39, 0.29) is 11.8 Å². The zero-order chi connectivity index (χ0) is 13.1. The van der Waals surface area contributed by atoms with Gasteiger partial charge >= 0.3 is 5.97 Å². The molecule has 1 rings (SSSR count). The van der Waals surface area contributed by atoms with Gasteiger partial charge in [-0.1, -0.05) is 27.2 Å². The summed E-state index contributed by atoms with van der Waals surface area (Å²) in [7, 11) is 1.94. The van der Waals surface area contributed by atoms with Gasteiger partial charge in [0.2, 0.25) is 0 Å². The maximum Gasteiger partial charge on any atom is 0.303 e. The fraction of sp³-hybridized carbons (Fsp3) is 0.692. The third-order valence-corrected chi connectivity index (χ3v) is 2.82. The number of nitrogens with zero attached hydrogens (tertiary/aromatic N) is 2. The van der Waals surface area contributed by atoms with Crippen LogP contribution in [0.5, 0.6) is 0 Å². The summed E-state index contributed by atoms with van der Waals surface area (Å²) in [6, 6.07) is 2.09. The largest absolute Gasteiger partial charge is 0.481 e. The second-order valence-corrected chi connectivity index (χ2v) is 5.41. The van der Waals surface area contributed by atoms with Gasteiger partial charge in [-0.15, -0.1) is 0 Å². The zero-order valence-electron chi connectivity index (χ0n) is 11.2. The highest BCUT2D eigenvalue weighted by Gasteiger charge is 2.23. The molecule has 0 bridgehead atoms. The minimum absolute atomic E-state index is 0.173. The Labute approximate surface area is 103 Å². The van der Waals surface area contributed by atoms with E-state index in [1.165, 1.54) is 5.69 Å². The van der Waals surface area contributed by atoms with Crippen LogP contribution in [0.15, 0.2) is 6.07 Å². The molecule has 1 N–H and O–H groups in total. The minimum Gasteiger partial charge on any atom is -0.481 e. The Morgan fingerprint density at radius 2 is 2.18 bits per heavy atom. The Balaban J connectivity index is 2.74. The highest BCUT2D eigenvalue weighted by molar-refractivity contribution is 5.67. The van der Waals surface area contributed by atoms with E-state index < -0.39 is 5.97 Å². The number of aromatic nitrogens is 2. The summed E-state index contributed by atoms with van der Waals surface area (Å²) in [5.41, 5.74) is 1.96. The average Bonchev–Trinajstić information content (AvgIpc) is 2.43. The van der Waals surface area contributed by atoms with E-state index in [1.807, 2.05) is 25.6 Å². The van der Waals surface area contributed by atoms with Gasteiger partial charge in [0.25, 0.3) is 0 Å². The van der Waals surface area contributed by atoms with E-state index >= 15 is 0 Å². The fourth-order valence-corrected chi connectivity index (χ4v) is 2.11. The van der Waals surface area contributed by atoms with Gasteiger partial charge in [0, 0.05) is 12.7 Å². The first-order valence-electron chi connectivity index (χ1n) is 6.07. The van der Waals surface area contributed by atoms with Crippen molar-refractivity contribution < 1.29 is 9.90 Å². The average molecular weight is 238 g/mol. The van der Waals surface area contributed by atoms with E-state index in [0.29, 0.717) is 6.42 Å². The molecule has 4 nitrogen and oxygen atoms in total. The molecule has 0 amide bonds. The van der Waals surface area contributed by atoms with Crippen LogP contribution in [0.2, 0.25) is 0 Å². The lowest BCUT2D eigenvalue weighted by molar-refractivity contribution is -0.139. The summed E-state index contributed by atoms with van der Waals surface area (Å²) in [4.78, 5) is 10.8. The summed E-state index contributed by atoms with van der Waals surface area (Å²) >= 11 is 0. The minimum atomic E-state index is -0.750. The van der Waals surface area contributed by atoms with Crippen LogP contribution in [0.4, 0.5) is 0 Å². The van der Waals surface area contributed by atoms with E-state index in [9.17, 15) is 4.79 Å². The molecule has 0 fully saturated rings. The standard InChI is InChI=1S/C13H22N2O2/c1-5-6-11-7-10(14-15(11)4)8-13(2,3)9-12(16)17/h7H,5-6,8-9H2,1-4H3,(H,16,17). The van der Waals surface area contributed by atoms with Gasteiger partial charge in [0.1, 0.15) is 0 Å². The molecule has 96 valence electrons. The third kappa shape index (κ3) is 4.21. The highest BCUT2D eigenvalue weighted by atomic mass is 16.4. The van der Waals surface area contributed by atoms with Crippen molar-refractivity contribution in [3.63, 3.8) is 0 Å². The predicted octanol–water partition coefficient (Wildman–Crippen LogP) is 2.42. The summed E-state index contributed by atoms with van der Waals surface area (Å²) in [5.74, 6) is -0.750. The van der Waals surface area contributed by atoms with E-state index in [0.717, 1.165) is 18.5 Å². The number of carboxylic acid groups (broad SMARTS) is 1. The molecule has 0 saturated heterocycles. The SMILES string of the molecule is CCCc1cc(CC(C)(C)CC(=O)O)nn1C. The Morgan fingerprint density at radius 1 is 1.53 bits per heavy atom. The highest BCUT2D eigenvalue weighted by Crippen LogP contribution is 2.25. The van der Waals surface area contributed by atoms with Gasteiger partial charge in [0.05, 0.1) is 12.1 Å². The molecule has 4 heteroatoms. The molecule has 0 aliphatic heterocycles. The maximum absolute atomic E-state index is 10.8. The molecular formula is C13H22N2O2. The third-order valence-electron chi connectivity index (χ3n) is 2.82. The van der Waals surface area contributed by atoms with Crippen LogP contribution in [-0.4, -0.2) is 20.9 Å². The number of aliphatic carboxylic acids is 1. The van der Waals surface area contributed by atoms with Crippen molar-refractivity contribution in [1.29, 1.82) is 0 Å². The molecule has 0 atom stereocenters. The topological polar surface area (TPSA) is 55.1 Å². The smallest absolute Gasteiger partial charge is 0.303 e. The van der Waals surface area contributed by atoms with E-state index in [4.69, 9.17) is 5.11 Å². The molecule has 0 saturated carbocycles. The maximum atomic E-state index is 10.8.